The third kappa shape index (κ3) is 5.54. The van der Waals surface area contributed by atoms with E-state index in [0.717, 1.165) is 57.8 Å². The Morgan fingerprint density at radius 3 is 2.50 bits per heavy atom. The third-order valence-electron chi connectivity index (χ3n) is 7.85. The van der Waals surface area contributed by atoms with Crippen LogP contribution in [0.15, 0.2) is 87.2 Å². The van der Waals surface area contributed by atoms with Crippen LogP contribution in [0.4, 0.5) is 0 Å². The number of H-pyrrole nitrogens is 1. The molecule has 0 aliphatic carbocycles. The summed E-state index contributed by atoms with van der Waals surface area (Å²) in [6.07, 6.45) is 4.25. The predicted octanol–water partition coefficient (Wildman–Crippen LogP) is 4.50. The Hall–Kier alpha value is -3.61. The Balaban J connectivity index is 0.00000343. The van der Waals surface area contributed by atoms with Gasteiger partial charge in [0.2, 0.25) is 5.78 Å². The molecule has 1 aliphatic heterocycles. The Bertz CT molecular complexity index is 2110. The average Bonchev–Trinajstić information content (AvgIpc) is 3.72. The number of hydrogen-bond donors (Lipinski definition) is 1. The van der Waals surface area contributed by atoms with Crippen LogP contribution in [0, 0.1) is 0 Å². The SMILES string of the molecule is CCCc1c(Cc2ccc(-c3ccccc3-c3noc(=O)[nH]3)cc2)c(=O)n(-c2ccc3c(c2)CC(C)(C)O3)c2ncnn12.[KH]. The molecule has 0 fully saturated rings. The van der Waals surface area contributed by atoms with Gasteiger partial charge in [-0.15, -0.1) is 0 Å². The zero-order valence-corrected chi connectivity index (χ0v) is 24.1. The first-order valence-electron chi connectivity index (χ1n) is 14.3. The van der Waals surface area contributed by atoms with Crippen LogP contribution in [0.3, 0.4) is 0 Å². The van der Waals surface area contributed by atoms with E-state index in [9.17, 15) is 9.59 Å². The molecule has 0 atom stereocenters. The minimum absolute atomic E-state index is 0. The van der Waals surface area contributed by atoms with Crippen LogP contribution in [0.2, 0.25) is 0 Å². The van der Waals surface area contributed by atoms with E-state index in [1.54, 1.807) is 9.08 Å². The monoisotopic (exact) mass is 614 g/mol. The first-order valence-corrected chi connectivity index (χ1v) is 14.3. The molecular weight excluding hydrogens is 583 g/mol. The van der Waals surface area contributed by atoms with Gasteiger partial charge in [0.05, 0.1) is 11.4 Å². The van der Waals surface area contributed by atoms with Crippen molar-refractivity contribution in [2.75, 3.05) is 0 Å². The van der Waals surface area contributed by atoms with Crippen LogP contribution < -0.4 is 16.1 Å². The van der Waals surface area contributed by atoms with E-state index in [4.69, 9.17) is 9.26 Å². The number of fused-ring (bicyclic) bond motifs is 2. The van der Waals surface area contributed by atoms with Crippen molar-refractivity contribution in [1.29, 1.82) is 0 Å². The predicted molar refractivity (Wildman–Crippen MR) is 169 cm³/mol. The molecule has 0 bridgehead atoms. The van der Waals surface area contributed by atoms with Gasteiger partial charge < -0.3 is 4.74 Å². The summed E-state index contributed by atoms with van der Waals surface area (Å²) in [6, 6.07) is 21.6. The molecule has 0 saturated heterocycles. The topological polar surface area (TPSA) is 120 Å². The zero-order valence-electron chi connectivity index (χ0n) is 24.1. The maximum atomic E-state index is 14.3. The Morgan fingerprint density at radius 2 is 1.77 bits per heavy atom. The van der Waals surface area contributed by atoms with Crippen molar-refractivity contribution in [3.8, 4) is 34.0 Å². The Morgan fingerprint density at radius 1 is 1.00 bits per heavy atom. The van der Waals surface area contributed by atoms with E-state index >= 15 is 0 Å². The summed E-state index contributed by atoms with van der Waals surface area (Å²) in [5.41, 5.74) is 6.56. The zero-order chi connectivity index (χ0) is 29.7. The number of ether oxygens (including phenoxy) is 1. The Labute approximate surface area is 295 Å². The molecule has 1 aliphatic rings. The molecule has 0 saturated carbocycles. The summed E-state index contributed by atoms with van der Waals surface area (Å²) < 4.78 is 14.3. The molecule has 3 aromatic heterocycles. The van der Waals surface area contributed by atoms with Gasteiger partial charge in [0.25, 0.3) is 5.56 Å². The van der Waals surface area contributed by atoms with Crippen LogP contribution in [0.25, 0.3) is 34.0 Å². The van der Waals surface area contributed by atoms with Gasteiger partial charge in [-0.2, -0.15) is 10.1 Å². The second kappa shape index (κ2) is 12.1. The van der Waals surface area contributed by atoms with Crippen molar-refractivity contribution >= 4 is 57.2 Å². The minimum atomic E-state index is -0.602. The van der Waals surface area contributed by atoms with E-state index < -0.39 is 5.76 Å². The van der Waals surface area contributed by atoms with Crippen molar-refractivity contribution in [2.45, 2.75) is 52.1 Å². The fraction of sp³-hybridized carbons (Fsp3) is 0.242. The molecule has 7 rings (SSSR count). The Kier molecular flexibility index (Phi) is 8.33. The van der Waals surface area contributed by atoms with Gasteiger partial charge in [-0.3, -0.25) is 14.3 Å². The van der Waals surface area contributed by atoms with Gasteiger partial charge in [-0.05, 0) is 55.2 Å². The first kappa shape index (κ1) is 30.4. The van der Waals surface area contributed by atoms with Crippen LogP contribution in [-0.2, 0) is 19.3 Å². The maximum absolute atomic E-state index is 14.3. The molecule has 1 N–H and O–H groups in total. The number of aryl methyl sites for hydroxylation is 1. The standard InChI is InChI=1S/C33H30N6O4.K.H/c1-4-7-27-26(16-20-10-12-21(13-11-20)24-8-5-6-9-25(24)29-36-32(41)43-37-29)30(40)38(31-34-19-35-39(27)31)23-14-15-28-22(17-23)18-33(2,3)42-28;;/h5-6,8-15,17,19H,4,7,16,18H2,1-3H3,(H,36,37,41);;. The summed E-state index contributed by atoms with van der Waals surface area (Å²) in [4.78, 5) is 33.0. The molecule has 0 radical (unpaired) electrons. The average molecular weight is 615 g/mol. The third-order valence-corrected chi connectivity index (χ3v) is 7.85. The van der Waals surface area contributed by atoms with Crippen molar-refractivity contribution < 1.29 is 9.26 Å². The van der Waals surface area contributed by atoms with Crippen molar-refractivity contribution in [2.24, 2.45) is 0 Å². The molecular formula is C33H31KN6O4. The first-order chi connectivity index (χ1) is 20.8. The normalized spacial score (nSPS) is 13.4. The number of nitrogens with one attached hydrogen (secondary N) is 1. The number of benzene rings is 3. The molecule has 44 heavy (non-hydrogen) atoms. The van der Waals surface area contributed by atoms with Crippen LogP contribution in [0.5, 0.6) is 5.75 Å². The van der Waals surface area contributed by atoms with E-state index in [1.165, 1.54) is 6.33 Å². The second-order valence-corrected chi connectivity index (χ2v) is 11.5. The summed E-state index contributed by atoms with van der Waals surface area (Å²) in [5.74, 6) is 1.11. The number of nitrogens with zero attached hydrogens (tertiary/aromatic N) is 5. The summed E-state index contributed by atoms with van der Waals surface area (Å²) in [7, 11) is 0. The molecule has 10 nitrogen and oxygen atoms in total. The number of aromatic amines is 1. The fourth-order valence-electron chi connectivity index (χ4n) is 5.99. The fourth-order valence-corrected chi connectivity index (χ4v) is 5.99. The molecule has 218 valence electrons. The number of aromatic nitrogens is 6. The molecule has 11 heteroatoms. The summed E-state index contributed by atoms with van der Waals surface area (Å²) >= 11 is 0. The van der Waals surface area contributed by atoms with E-state index in [1.807, 2.05) is 66.7 Å². The number of hydrogen-bond acceptors (Lipinski definition) is 7. The molecule has 0 unspecified atom stereocenters. The second-order valence-electron chi connectivity index (χ2n) is 11.5. The molecule has 4 heterocycles. The van der Waals surface area contributed by atoms with Crippen molar-refractivity contribution in [3.63, 3.8) is 0 Å². The van der Waals surface area contributed by atoms with Crippen LogP contribution >= 0.6 is 0 Å². The number of rotatable bonds is 7. The molecule has 6 aromatic rings. The summed E-state index contributed by atoms with van der Waals surface area (Å²) in [6.45, 7) is 6.22. The molecule has 0 amide bonds. The van der Waals surface area contributed by atoms with Gasteiger partial charge >= 0.3 is 57.1 Å². The van der Waals surface area contributed by atoms with Gasteiger partial charge in [0.15, 0.2) is 5.82 Å². The van der Waals surface area contributed by atoms with E-state index in [0.29, 0.717) is 30.0 Å². The summed E-state index contributed by atoms with van der Waals surface area (Å²) in [5, 5.41) is 8.40. The van der Waals surface area contributed by atoms with Crippen molar-refractivity contribution in [1.82, 2.24) is 29.3 Å². The van der Waals surface area contributed by atoms with Crippen LogP contribution in [0.1, 0.15) is 49.6 Å². The van der Waals surface area contributed by atoms with Crippen molar-refractivity contribution in [3.05, 3.63) is 116 Å². The van der Waals surface area contributed by atoms with Crippen LogP contribution in [-0.4, -0.2) is 86.3 Å². The van der Waals surface area contributed by atoms with Gasteiger partial charge in [0.1, 0.15) is 17.7 Å². The molecule has 0 spiro atoms. The van der Waals surface area contributed by atoms with Gasteiger partial charge in [-0.25, -0.2) is 13.9 Å². The molecule has 3 aromatic carbocycles. The van der Waals surface area contributed by atoms with E-state index in [-0.39, 0.29) is 62.5 Å². The quantitative estimate of drug-likeness (QED) is 0.263. The van der Waals surface area contributed by atoms with Gasteiger partial charge in [0, 0.05) is 29.5 Å². The van der Waals surface area contributed by atoms with Gasteiger partial charge in [-0.1, -0.05) is 67.0 Å². The van der Waals surface area contributed by atoms with E-state index in [2.05, 4.69) is 41.0 Å².